The van der Waals surface area contributed by atoms with Crippen LogP contribution in [-0.4, -0.2) is 18.9 Å². The van der Waals surface area contributed by atoms with Crippen LogP contribution in [0.4, 0.5) is 0 Å². The standard InChI is InChI=1S/C32H46O4/c1-3-5-7-9-10-11-12-13-24-31(36-32(33)26-18-15-19-26)35-30-23-17-20-27-28(30)21-16-22-29(27)34-25-14-8-6-4-2/h16-18,20-23,31H,3-15,19,24-25H2,1-2H3. The Kier molecular flexibility index (Phi) is 12.7. The highest BCUT2D eigenvalue weighted by atomic mass is 16.7. The molecule has 0 bridgehead atoms. The van der Waals surface area contributed by atoms with Gasteiger partial charge in [-0.3, -0.25) is 0 Å². The van der Waals surface area contributed by atoms with Crippen LogP contribution in [0.25, 0.3) is 10.8 Å². The second kappa shape index (κ2) is 16.3. The zero-order valence-electron chi connectivity index (χ0n) is 22.6. The molecule has 4 nitrogen and oxygen atoms in total. The summed E-state index contributed by atoms with van der Waals surface area (Å²) >= 11 is 0. The highest BCUT2D eigenvalue weighted by molar-refractivity contribution is 5.93. The van der Waals surface area contributed by atoms with Crippen LogP contribution in [0.2, 0.25) is 0 Å². The van der Waals surface area contributed by atoms with E-state index in [4.69, 9.17) is 14.2 Å². The van der Waals surface area contributed by atoms with Gasteiger partial charge in [0, 0.05) is 22.8 Å². The van der Waals surface area contributed by atoms with Crippen LogP contribution >= 0.6 is 0 Å². The first-order valence-corrected chi connectivity index (χ1v) is 14.4. The molecule has 36 heavy (non-hydrogen) atoms. The summed E-state index contributed by atoms with van der Waals surface area (Å²) in [6, 6.07) is 12.1. The molecule has 1 unspecified atom stereocenters. The third kappa shape index (κ3) is 9.19. The van der Waals surface area contributed by atoms with Gasteiger partial charge >= 0.3 is 5.97 Å². The molecular weight excluding hydrogens is 448 g/mol. The van der Waals surface area contributed by atoms with Crippen LogP contribution in [0.5, 0.6) is 11.5 Å². The molecule has 2 aromatic carbocycles. The predicted octanol–water partition coefficient (Wildman–Crippen LogP) is 9.30. The fraction of sp³-hybridized carbons (Fsp3) is 0.594. The minimum Gasteiger partial charge on any atom is -0.493 e. The number of ether oxygens (including phenoxy) is 3. The highest BCUT2D eigenvalue weighted by Crippen LogP contribution is 2.33. The van der Waals surface area contributed by atoms with Crippen molar-refractivity contribution in [2.45, 2.75) is 116 Å². The molecular formula is C32H46O4. The zero-order valence-corrected chi connectivity index (χ0v) is 22.6. The SMILES string of the molecule is CCCCCCCCCCC(OC(=O)C1=CCC1)Oc1cccc2c(OCCCCCC)cccc12. The van der Waals surface area contributed by atoms with E-state index in [-0.39, 0.29) is 5.97 Å². The van der Waals surface area contributed by atoms with Crippen LogP contribution in [0.3, 0.4) is 0 Å². The maximum Gasteiger partial charge on any atom is 0.336 e. The first-order valence-electron chi connectivity index (χ1n) is 14.4. The summed E-state index contributed by atoms with van der Waals surface area (Å²) in [5.41, 5.74) is 0.774. The van der Waals surface area contributed by atoms with E-state index in [0.29, 0.717) is 6.42 Å². The Morgan fingerprint density at radius 2 is 1.36 bits per heavy atom. The van der Waals surface area contributed by atoms with Crippen LogP contribution in [0.1, 0.15) is 110 Å². The number of carbonyl (C=O) groups excluding carboxylic acids is 1. The molecule has 4 heteroatoms. The van der Waals surface area contributed by atoms with E-state index in [9.17, 15) is 4.79 Å². The van der Waals surface area contributed by atoms with Crippen molar-refractivity contribution in [1.82, 2.24) is 0 Å². The molecule has 198 valence electrons. The van der Waals surface area contributed by atoms with Gasteiger partial charge in [0.15, 0.2) is 0 Å². The quantitative estimate of drug-likeness (QED) is 0.111. The molecule has 2 aromatic rings. The molecule has 1 aliphatic carbocycles. The van der Waals surface area contributed by atoms with E-state index in [1.165, 1.54) is 57.8 Å². The lowest BCUT2D eigenvalue weighted by atomic mass is 9.99. The number of fused-ring (bicyclic) bond motifs is 1. The smallest absolute Gasteiger partial charge is 0.336 e. The van der Waals surface area contributed by atoms with E-state index in [2.05, 4.69) is 26.0 Å². The molecule has 0 saturated carbocycles. The minimum absolute atomic E-state index is 0.234. The van der Waals surface area contributed by atoms with Crippen molar-refractivity contribution >= 4 is 16.7 Å². The Balaban J connectivity index is 1.61. The van der Waals surface area contributed by atoms with Crippen molar-refractivity contribution in [3.05, 3.63) is 48.0 Å². The number of allylic oxidation sites excluding steroid dienone is 1. The molecule has 0 heterocycles. The number of hydrogen-bond acceptors (Lipinski definition) is 4. The fourth-order valence-electron chi connectivity index (χ4n) is 4.59. The molecule has 0 aliphatic heterocycles. The highest BCUT2D eigenvalue weighted by Gasteiger charge is 2.22. The number of rotatable bonds is 19. The summed E-state index contributed by atoms with van der Waals surface area (Å²) < 4.78 is 18.3. The molecule has 0 N–H and O–H groups in total. The van der Waals surface area contributed by atoms with Crippen molar-refractivity contribution in [2.75, 3.05) is 6.61 Å². The molecule has 0 radical (unpaired) electrons. The number of hydrogen-bond donors (Lipinski definition) is 0. The summed E-state index contributed by atoms with van der Waals surface area (Å²) in [4.78, 5) is 12.6. The van der Waals surface area contributed by atoms with E-state index in [1.54, 1.807) is 0 Å². The molecule has 1 atom stereocenters. The molecule has 3 rings (SSSR count). The van der Waals surface area contributed by atoms with Crippen LogP contribution < -0.4 is 9.47 Å². The number of unbranched alkanes of at least 4 members (excludes halogenated alkanes) is 10. The number of benzene rings is 2. The van der Waals surface area contributed by atoms with Gasteiger partial charge in [0.2, 0.25) is 6.29 Å². The van der Waals surface area contributed by atoms with Gasteiger partial charge in [-0.25, -0.2) is 4.79 Å². The van der Waals surface area contributed by atoms with Gasteiger partial charge in [0.1, 0.15) is 11.5 Å². The van der Waals surface area contributed by atoms with Gasteiger partial charge in [-0.15, -0.1) is 0 Å². The Morgan fingerprint density at radius 1 is 0.778 bits per heavy atom. The Labute approximate surface area is 218 Å². The molecule has 0 fully saturated rings. The van der Waals surface area contributed by atoms with E-state index in [0.717, 1.165) is 66.6 Å². The van der Waals surface area contributed by atoms with Gasteiger partial charge in [-0.1, -0.05) is 108 Å². The van der Waals surface area contributed by atoms with Crippen molar-refractivity contribution in [3.8, 4) is 11.5 Å². The summed E-state index contributed by atoms with van der Waals surface area (Å²) in [5.74, 6) is 1.39. The maximum atomic E-state index is 12.6. The van der Waals surface area contributed by atoms with Gasteiger partial charge in [-0.05, 0) is 37.8 Å². The van der Waals surface area contributed by atoms with E-state index < -0.39 is 6.29 Å². The van der Waals surface area contributed by atoms with E-state index in [1.807, 2.05) is 30.3 Å². The van der Waals surface area contributed by atoms with E-state index >= 15 is 0 Å². The Morgan fingerprint density at radius 3 is 2.00 bits per heavy atom. The number of esters is 1. The van der Waals surface area contributed by atoms with Gasteiger partial charge in [-0.2, -0.15) is 0 Å². The van der Waals surface area contributed by atoms with Crippen LogP contribution in [0, 0.1) is 0 Å². The van der Waals surface area contributed by atoms with Crippen molar-refractivity contribution < 1.29 is 19.0 Å². The third-order valence-corrected chi connectivity index (χ3v) is 6.95. The average Bonchev–Trinajstić information content (AvgIpc) is 2.84. The zero-order chi connectivity index (χ0) is 25.4. The monoisotopic (exact) mass is 494 g/mol. The normalized spacial score (nSPS) is 13.7. The van der Waals surface area contributed by atoms with Crippen LogP contribution in [0.15, 0.2) is 48.0 Å². The van der Waals surface area contributed by atoms with Gasteiger partial charge in [0.25, 0.3) is 0 Å². The third-order valence-electron chi connectivity index (χ3n) is 6.95. The lowest BCUT2D eigenvalue weighted by Crippen LogP contribution is -2.26. The lowest BCUT2D eigenvalue weighted by molar-refractivity contribution is -0.160. The summed E-state index contributed by atoms with van der Waals surface area (Å²) in [5, 5.41) is 2.02. The maximum absolute atomic E-state index is 12.6. The molecule has 0 saturated heterocycles. The summed E-state index contributed by atoms with van der Waals surface area (Å²) in [6.45, 7) is 5.19. The van der Waals surface area contributed by atoms with Gasteiger partial charge < -0.3 is 14.2 Å². The Hall–Kier alpha value is -2.49. The van der Waals surface area contributed by atoms with Crippen LogP contribution in [-0.2, 0) is 9.53 Å². The first-order chi connectivity index (χ1) is 17.7. The minimum atomic E-state index is -0.580. The Bertz CT molecular complexity index is 948. The molecule has 1 aliphatic rings. The summed E-state index contributed by atoms with van der Waals surface area (Å²) in [6.07, 6.45) is 18.4. The van der Waals surface area contributed by atoms with Crippen molar-refractivity contribution in [2.24, 2.45) is 0 Å². The first kappa shape index (κ1) is 28.1. The molecule has 0 spiro atoms. The second-order valence-electron chi connectivity index (χ2n) is 10.0. The summed E-state index contributed by atoms with van der Waals surface area (Å²) in [7, 11) is 0. The second-order valence-corrected chi connectivity index (χ2v) is 10.0. The van der Waals surface area contributed by atoms with Gasteiger partial charge in [0.05, 0.1) is 6.61 Å². The number of carbonyl (C=O) groups is 1. The average molecular weight is 495 g/mol. The van der Waals surface area contributed by atoms with Crippen molar-refractivity contribution in [3.63, 3.8) is 0 Å². The van der Waals surface area contributed by atoms with Crippen molar-refractivity contribution in [1.29, 1.82) is 0 Å². The largest absolute Gasteiger partial charge is 0.493 e. The topological polar surface area (TPSA) is 44.8 Å². The lowest BCUT2D eigenvalue weighted by Gasteiger charge is -2.23. The predicted molar refractivity (Wildman–Crippen MR) is 149 cm³/mol. The molecule has 0 amide bonds. The molecule has 0 aromatic heterocycles. The fourth-order valence-corrected chi connectivity index (χ4v) is 4.59.